The van der Waals surface area contributed by atoms with Crippen molar-refractivity contribution in [1.29, 1.82) is 0 Å². The van der Waals surface area contributed by atoms with E-state index in [1.807, 2.05) is 24.3 Å². The van der Waals surface area contributed by atoms with E-state index in [1.165, 1.54) is 6.07 Å². The maximum absolute atomic E-state index is 13.2. The lowest BCUT2D eigenvalue weighted by atomic mass is 10.2. The topological polar surface area (TPSA) is 41.6 Å². The maximum Gasteiger partial charge on any atom is 0.265 e. The molecule has 2 rings (SSSR count). The highest BCUT2D eigenvalue weighted by molar-refractivity contribution is 5.94. The molecule has 140 valence electrons. The molecule has 0 aliphatic carbocycles. The van der Waals surface area contributed by atoms with Gasteiger partial charge in [0.1, 0.15) is 5.75 Å². The van der Waals surface area contributed by atoms with Gasteiger partial charge in [-0.1, -0.05) is 0 Å². The average molecular weight is 362 g/mol. The lowest BCUT2D eigenvalue weighted by molar-refractivity contribution is -0.122. The van der Waals surface area contributed by atoms with Crippen molar-refractivity contribution in [3.8, 4) is 5.75 Å². The number of ether oxygens (including phenoxy) is 1. The fourth-order valence-electron chi connectivity index (χ4n) is 2.63. The molecule has 0 saturated heterocycles. The van der Waals surface area contributed by atoms with Crippen LogP contribution in [0.4, 0.5) is 20.2 Å². The number of amides is 1. The minimum absolute atomic E-state index is 0.0948. The summed E-state index contributed by atoms with van der Waals surface area (Å²) in [7, 11) is 0. The van der Waals surface area contributed by atoms with Crippen molar-refractivity contribution < 1.29 is 18.3 Å². The zero-order chi connectivity index (χ0) is 19.3. The summed E-state index contributed by atoms with van der Waals surface area (Å²) in [5, 5.41) is 2.75. The van der Waals surface area contributed by atoms with Crippen LogP contribution in [0.1, 0.15) is 27.7 Å². The molecule has 0 aromatic heterocycles. The second-order valence-electron chi connectivity index (χ2n) is 6.25. The summed E-state index contributed by atoms with van der Waals surface area (Å²) < 4.78 is 31.5. The van der Waals surface area contributed by atoms with E-state index in [0.717, 1.165) is 24.4 Å². The number of hydrogen-bond acceptors (Lipinski definition) is 3. The summed E-state index contributed by atoms with van der Waals surface area (Å²) in [4.78, 5) is 14.5. The molecule has 0 heterocycles. The van der Waals surface area contributed by atoms with Gasteiger partial charge in [0.25, 0.3) is 5.91 Å². The zero-order valence-corrected chi connectivity index (χ0v) is 15.4. The van der Waals surface area contributed by atoms with E-state index < -0.39 is 17.7 Å². The number of carbonyl (C=O) groups is 1. The number of rotatable bonds is 7. The van der Waals surface area contributed by atoms with Crippen LogP contribution in [-0.4, -0.2) is 24.6 Å². The predicted molar refractivity (Wildman–Crippen MR) is 99.7 cm³/mol. The Morgan fingerprint density at radius 1 is 1.08 bits per heavy atom. The summed E-state index contributed by atoms with van der Waals surface area (Å²) >= 11 is 0. The highest BCUT2D eigenvalue weighted by atomic mass is 19.2. The third kappa shape index (κ3) is 4.94. The van der Waals surface area contributed by atoms with Crippen molar-refractivity contribution in [3.63, 3.8) is 0 Å². The Hall–Kier alpha value is -2.63. The third-order valence-electron chi connectivity index (χ3n) is 4.00. The molecule has 0 fully saturated rings. The molecule has 0 radical (unpaired) electrons. The van der Waals surface area contributed by atoms with Crippen molar-refractivity contribution in [2.24, 2.45) is 0 Å². The minimum atomic E-state index is -1.02. The second-order valence-corrected chi connectivity index (χ2v) is 6.25. The van der Waals surface area contributed by atoms with E-state index in [0.29, 0.717) is 11.7 Å². The fraction of sp³-hybridized carbons (Fsp3) is 0.350. The lowest BCUT2D eigenvalue weighted by Gasteiger charge is -2.27. The second kappa shape index (κ2) is 8.65. The molecule has 0 bridgehead atoms. The van der Waals surface area contributed by atoms with Crippen LogP contribution in [-0.2, 0) is 4.79 Å². The van der Waals surface area contributed by atoms with Gasteiger partial charge in [-0.25, -0.2) is 8.78 Å². The summed E-state index contributed by atoms with van der Waals surface area (Å²) in [6.07, 6.45) is -0.859. The molecular weight excluding hydrogens is 338 g/mol. The summed E-state index contributed by atoms with van der Waals surface area (Å²) in [6.45, 7) is 8.77. The lowest BCUT2D eigenvalue weighted by Crippen LogP contribution is -2.31. The maximum atomic E-state index is 13.2. The summed E-state index contributed by atoms with van der Waals surface area (Å²) in [5.74, 6) is -2.26. The van der Waals surface area contributed by atoms with E-state index in [2.05, 4.69) is 31.0 Å². The Morgan fingerprint density at radius 3 is 2.27 bits per heavy atom. The van der Waals surface area contributed by atoms with Crippen molar-refractivity contribution in [2.75, 3.05) is 16.8 Å². The van der Waals surface area contributed by atoms with Crippen molar-refractivity contribution in [3.05, 3.63) is 54.1 Å². The first kappa shape index (κ1) is 19.7. The number of nitrogens with one attached hydrogen (secondary N) is 1. The molecule has 4 nitrogen and oxygen atoms in total. The van der Waals surface area contributed by atoms with Crippen LogP contribution >= 0.6 is 0 Å². The molecule has 0 saturated carbocycles. The van der Waals surface area contributed by atoms with E-state index in [9.17, 15) is 13.6 Å². The normalized spacial score (nSPS) is 12.0. The fourth-order valence-corrected chi connectivity index (χ4v) is 2.63. The van der Waals surface area contributed by atoms with Crippen LogP contribution in [0, 0.1) is 11.6 Å². The van der Waals surface area contributed by atoms with Gasteiger partial charge in [-0.2, -0.15) is 0 Å². The third-order valence-corrected chi connectivity index (χ3v) is 4.00. The Bertz CT molecular complexity index is 748. The quantitative estimate of drug-likeness (QED) is 0.782. The first-order chi connectivity index (χ1) is 12.3. The van der Waals surface area contributed by atoms with Gasteiger partial charge in [0.15, 0.2) is 17.7 Å². The van der Waals surface area contributed by atoms with E-state index in [-0.39, 0.29) is 11.7 Å². The first-order valence-corrected chi connectivity index (χ1v) is 8.61. The largest absolute Gasteiger partial charge is 0.481 e. The number of carbonyl (C=O) groups excluding carboxylic acids is 1. The van der Waals surface area contributed by atoms with Gasteiger partial charge < -0.3 is 15.0 Å². The molecule has 2 aromatic rings. The molecule has 0 aliphatic heterocycles. The number of anilines is 2. The molecule has 1 atom stereocenters. The smallest absolute Gasteiger partial charge is 0.265 e. The van der Waals surface area contributed by atoms with Crippen LogP contribution in [0.3, 0.4) is 0 Å². The van der Waals surface area contributed by atoms with Crippen molar-refractivity contribution >= 4 is 17.3 Å². The molecule has 26 heavy (non-hydrogen) atoms. The van der Waals surface area contributed by atoms with Crippen LogP contribution < -0.4 is 15.0 Å². The van der Waals surface area contributed by atoms with E-state index in [4.69, 9.17) is 4.74 Å². The Labute approximate surface area is 152 Å². The number of nitrogens with zero attached hydrogens (tertiary/aromatic N) is 1. The van der Waals surface area contributed by atoms with E-state index >= 15 is 0 Å². The Kier molecular flexibility index (Phi) is 6.55. The number of hydrogen-bond donors (Lipinski definition) is 1. The van der Waals surface area contributed by atoms with Gasteiger partial charge in [-0.05, 0) is 64.1 Å². The SMILES string of the molecule is CCN(c1ccc(NC(=O)C(C)Oc2ccc(F)c(F)c2)cc1)C(C)C. The number of halogens is 2. The monoisotopic (exact) mass is 362 g/mol. The predicted octanol–water partition coefficient (Wildman–Crippen LogP) is 4.61. The van der Waals surface area contributed by atoms with Gasteiger partial charge in [0.05, 0.1) is 0 Å². The van der Waals surface area contributed by atoms with Crippen LogP contribution in [0.15, 0.2) is 42.5 Å². The molecule has 1 N–H and O–H groups in total. The van der Waals surface area contributed by atoms with Gasteiger partial charge in [0, 0.05) is 30.0 Å². The molecule has 0 spiro atoms. The van der Waals surface area contributed by atoms with Crippen molar-refractivity contribution in [2.45, 2.75) is 39.8 Å². The summed E-state index contributed by atoms with van der Waals surface area (Å²) in [5.41, 5.74) is 1.71. The molecule has 1 unspecified atom stereocenters. The summed E-state index contributed by atoms with van der Waals surface area (Å²) in [6, 6.07) is 11.1. The Balaban J connectivity index is 1.98. The highest BCUT2D eigenvalue weighted by Crippen LogP contribution is 2.21. The molecule has 0 aliphatic rings. The molecule has 2 aromatic carbocycles. The zero-order valence-electron chi connectivity index (χ0n) is 15.4. The first-order valence-electron chi connectivity index (χ1n) is 8.61. The minimum Gasteiger partial charge on any atom is -0.481 e. The van der Waals surface area contributed by atoms with E-state index in [1.54, 1.807) is 6.92 Å². The standard InChI is InChI=1S/C20H24F2N2O2/c1-5-24(13(2)3)16-8-6-15(7-9-16)23-20(25)14(4)26-17-10-11-18(21)19(22)12-17/h6-14H,5H2,1-4H3,(H,23,25). The molecular formula is C20H24F2N2O2. The van der Waals surface area contributed by atoms with Gasteiger partial charge in [-0.15, -0.1) is 0 Å². The van der Waals surface area contributed by atoms with Crippen LogP contribution in [0.5, 0.6) is 5.75 Å². The highest BCUT2D eigenvalue weighted by Gasteiger charge is 2.16. The van der Waals surface area contributed by atoms with Crippen molar-refractivity contribution in [1.82, 2.24) is 0 Å². The average Bonchev–Trinajstić information content (AvgIpc) is 2.60. The van der Waals surface area contributed by atoms with Gasteiger partial charge >= 0.3 is 0 Å². The van der Waals surface area contributed by atoms with Crippen LogP contribution in [0.2, 0.25) is 0 Å². The molecule has 1 amide bonds. The van der Waals surface area contributed by atoms with Crippen LogP contribution in [0.25, 0.3) is 0 Å². The van der Waals surface area contributed by atoms with Gasteiger partial charge in [0.2, 0.25) is 0 Å². The Morgan fingerprint density at radius 2 is 1.73 bits per heavy atom. The molecule has 6 heteroatoms. The number of benzene rings is 2. The van der Waals surface area contributed by atoms with Gasteiger partial charge in [-0.3, -0.25) is 4.79 Å².